The number of benzene rings is 3. The molecule has 0 aliphatic carbocycles. The minimum absolute atomic E-state index is 0.126. The topological polar surface area (TPSA) is 104 Å². The van der Waals surface area contributed by atoms with Crippen molar-refractivity contribution in [3.63, 3.8) is 0 Å². The van der Waals surface area contributed by atoms with E-state index in [9.17, 15) is 14.4 Å². The number of rotatable bonds is 5. The van der Waals surface area contributed by atoms with Gasteiger partial charge >= 0.3 is 0 Å². The Bertz CT molecular complexity index is 1450. The maximum absolute atomic E-state index is 13.0. The van der Waals surface area contributed by atoms with Crippen molar-refractivity contribution in [2.75, 3.05) is 18.5 Å². The Balaban J connectivity index is 1.21. The van der Waals surface area contributed by atoms with Crippen molar-refractivity contribution in [1.82, 2.24) is 14.9 Å². The molecular formula is C27H22N4O4. The predicted molar refractivity (Wildman–Crippen MR) is 130 cm³/mol. The van der Waals surface area contributed by atoms with Gasteiger partial charge in [-0.3, -0.25) is 19.3 Å². The zero-order chi connectivity index (χ0) is 23.9. The van der Waals surface area contributed by atoms with Gasteiger partial charge < -0.3 is 15.0 Å². The molecule has 35 heavy (non-hydrogen) atoms. The third-order valence-electron chi connectivity index (χ3n) is 6.43. The molecule has 2 aliphatic rings. The molecule has 3 heterocycles. The number of amides is 3. The van der Waals surface area contributed by atoms with Gasteiger partial charge in [0, 0.05) is 23.4 Å². The summed E-state index contributed by atoms with van der Waals surface area (Å²) < 4.78 is 5.58. The Hall–Kier alpha value is -4.30. The molecule has 1 aromatic heterocycles. The number of carbonyl (C=O) groups is 3. The van der Waals surface area contributed by atoms with Crippen LogP contribution in [0.15, 0.2) is 66.7 Å². The fraction of sp³-hybridized carbons (Fsp3) is 0.185. The molecule has 0 spiro atoms. The van der Waals surface area contributed by atoms with Crippen LogP contribution in [0.25, 0.3) is 22.4 Å². The first-order valence-corrected chi connectivity index (χ1v) is 11.6. The van der Waals surface area contributed by atoms with E-state index >= 15 is 0 Å². The van der Waals surface area contributed by atoms with Crippen molar-refractivity contribution >= 4 is 34.4 Å². The molecule has 0 radical (unpaired) electrons. The summed E-state index contributed by atoms with van der Waals surface area (Å²) in [7, 11) is 0. The number of carbonyl (C=O) groups excluding carboxylic acids is 3. The van der Waals surface area contributed by atoms with Gasteiger partial charge in [0.1, 0.15) is 5.82 Å². The highest BCUT2D eigenvalue weighted by molar-refractivity contribution is 6.22. The minimum atomic E-state index is -0.387. The number of imidazole rings is 1. The largest absolute Gasteiger partial charge is 0.376 e. The molecule has 6 rings (SSSR count). The molecule has 3 aromatic carbocycles. The van der Waals surface area contributed by atoms with Crippen LogP contribution in [-0.4, -0.2) is 51.8 Å². The summed E-state index contributed by atoms with van der Waals surface area (Å²) in [6.07, 6.45) is 1.63. The third-order valence-corrected chi connectivity index (χ3v) is 6.43. The monoisotopic (exact) mass is 466 g/mol. The number of para-hydroxylation sites is 2. The Morgan fingerprint density at radius 3 is 2.71 bits per heavy atom. The van der Waals surface area contributed by atoms with Crippen LogP contribution in [0.4, 0.5) is 5.69 Å². The van der Waals surface area contributed by atoms with Crippen LogP contribution in [0, 0.1) is 0 Å². The second-order valence-electron chi connectivity index (χ2n) is 8.75. The maximum atomic E-state index is 13.0. The predicted octanol–water partition coefficient (Wildman–Crippen LogP) is 4.26. The Morgan fingerprint density at radius 1 is 1.03 bits per heavy atom. The minimum Gasteiger partial charge on any atom is -0.376 e. The van der Waals surface area contributed by atoms with Crippen molar-refractivity contribution in [2.24, 2.45) is 0 Å². The number of anilines is 1. The Morgan fingerprint density at radius 2 is 1.89 bits per heavy atom. The molecule has 1 fully saturated rings. The van der Waals surface area contributed by atoms with Gasteiger partial charge in [-0.2, -0.15) is 0 Å². The van der Waals surface area contributed by atoms with E-state index < -0.39 is 0 Å². The highest BCUT2D eigenvalue weighted by atomic mass is 16.5. The van der Waals surface area contributed by atoms with E-state index in [2.05, 4.69) is 15.3 Å². The molecule has 2 N–H and O–H groups in total. The van der Waals surface area contributed by atoms with Crippen LogP contribution in [0.1, 0.15) is 43.9 Å². The van der Waals surface area contributed by atoms with Gasteiger partial charge in [0.05, 0.1) is 34.8 Å². The standard InChI is InChI=1S/C27H22N4O4/c32-25(28-18-6-3-5-16(13-18)24-29-22-8-1-2-9-23(22)30-24)17-10-11-20-21(14-17)27(34)31(26(20)33)15-19-7-4-12-35-19/h1-3,5-6,8-11,13-14,19H,4,7,12,15H2,(H,28,32)(H,29,30). The number of hydrogen-bond donors (Lipinski definition) is 2. The summed E-state index contributed by atoms with van der Waals surface area (Å²) in [6.45, 7) is 0.887. The van der Waals surface area contributed by atoms with Crippen molar-refractivity contribution in [2.45, 2.75) is 18.9 Å². The second-order valence-corrected chi connectivity index (χ2v) is 8.75. The van der Waals surface area contributed by atoms with Crippen LogP contribution in [0.3, 0.4) is 0 Å². The summed E-state index contributed by atoms with van der Waals surface area (Å²) in [4.78, 5) is 47.8. The smallest absolute Gasteiger partial charge is 0.261 e. The molecular weight excluding hydrogens is 444 g/mol. The van der Waals surface area contributed by atoms with E-state index in [1.165, 1.54) is 11.0 Å². The number of fused-ring (bicyclic) bond motifs is 2. The normalized spacial score (nSPS) is 17.3. The number of aromatic amines is 1. The maximum Gasteiger partial charge on any atom is 0.261 e. The summed E-state index contributed by atoms with van der Waals surface area (Å²) in [5.41, 5.74) is 4.09. The Labute approximate surface area is 200 Å². The molecule has 4 aromatic rings. The van der Waals surface area contributed by atoms with Gasteiger partial charge in [-0.05, 0) is 55.3 Å². The van der Waals surface area contributed by atoms with Crippen LogP contribution >= 0.6 is 0 Å². The molecule has 8 heteroatoms. The highest BCUT2D eigenvalue weighted by Crippen LogP contribution is 2.27. The van der Waals surface area contributed by atoms with E-state index in [4.69, 9.17) is 4.74 Å². The average Bonchev–Trinajstić information content (AvgIpc) is 3.60. The second kappa shape index (κ2) is 8.48. The van der Waals surface area contributed by atoms with Crippen molar-refractivity contribution in [3.05, 3.63) is 83.4 Å². The van der Waals surface area contributed by atoms with Gasteiger partial charge in [0.15, 0.2) is 0 Å². The first kappa shape index (κ1) is 21.2. The number of aromatic nitrogens is 2. The zero-order valence-corrected chi connectivity index (χ0v) is 18.8. The van der Waals surface area contributed by atoms with Crippen LogP contribution in [0.5, 0.6) is 0 Å². The third kappa shape index (κ3) is 3.87. The van der Waals surface area contributed by atoms with Crippen molar-refractivity contribution in [1.29, 1.82) is 0 Å². The fourth-order valence-corrected chi connectivity index (χ4v) is 4.63. The number of hydrogen-bond acceptors (Lipinski definition) is 5. The molecule has 8 nitrogen and oxygen atoms in total. The van der Waals surface area contributed by atoms with Crippen molar-refractivity contribution < 1.29 is 19.1 Å². The lowest BCUT2D eigenvalue weighted by Gasteiger charge is -2.17. The van der Waals surface area contributed by atoms with E-state index in [0.29, 0.717) is 29.2 Å². The summed E-state index contributed by atoms with van der Waals surface area (Å²) in [5, 5.41) is 2.88. The van der Waals surface area contributed by atoms with Crippen molar-refractivity contribution in [3.8, 4) is 11.4 Å². The SMILES string of the molecule is O=C(Nc1cccc(-c2nc3ccccc3[nH]2)c1)c1ccc2c(c1)C(=O)N(CC1CCCO1)C2=O. The van der Waals surface area contributed by atoms with Gasteiger partial charge in [-0.1, -0.05) is 24.3 Å². The number of nitrogens with one attached hydrogen (secondary N) is 2. The summed E-state index contributed by atoms with van der Waals surface area (Å²) >= 11 is 0. The van der Waals surface area contributed by atoms with E-state index in [1.54, 1.807) is 18.2 Å². The van der Waals surface area contributed by atoms with Crippen LogP contribution in [-0.2, 0) is 4.74 Å². The molecule has 0 saturated carbocycles. The molecule has 3 amide bonds. The number of imide groups is 1. The highest BCUT2D eigenvalue weighted by Gasteiger charge is 2.38. The summed E-state index contributed by atoms with van der Waals surface area (Å²) in [5.74, 6) is -0.393. The van der Waals surface area contributed by atoms with Crippen LogP contribution < -0.4 is 5.32 Å². The first-order chi connectivity index (χ1) is 17.1. The number of ether oxygens (including phenoxy) is 1. The molecule has 1 saturated heterocycles. The molecule has 1 atom stereocenters. The van der Waals surface area contributed by atoms with E-state index in [1.807, 2.05) is 42.5 Å². The van der Waals surface area contributed by atoms with E-state index in [-0.39, 0.29) is 35.9 Å². The molecule has 2 aliphatic heterocycles. The molecule has 0 bridgehead atoms. The quantitative estimate of drug-likeness (QED) is 0.428. The average molecular weight is 466 g/mol. The fourth-order valence-electron chi connectivity index (χ4n) is 4.63. The Kier molecular flexibility index (Phi) is 5.15. The van der Waals surface area contributed by atoms with Gasteiger partial charge in [-0.15, -0.1) is 0 Å². The lowest BCUT2D eigenvalue weighted by molar-refractivity contribution is 0.0475. The first-order valence-electron chi connectivity index (χ1n) is 11.6. The zero-order valence-electron chi connectivity index (χ0n) is 18.8. The number of nitrogens with zero attached hydrogens (tertiary/aromatic N) is 2. The van der Waals surface area contributed by atoms with Gasteiger partial charge in [0.2, 0.25) is 0 Å². The van der Waals surface area contributed by atoms with Crippen LogP contribution in [0.2, 0.25) is 0 Å². The van der Waals surface area contributed by atoms with Gasteiger partial charge in [0.25, 0.3) is 17.7 Å². The molecule has 1 unspecified atom stereocenters. The van der Waals surface area contributed by atoms with E-state index in [0.717, 1.165) is 29.4 Å². The lowest BCUT2D eigenvalue weighted by Crippen LogP contribution is -2.36. The molecule has 174 valence electrons. The summed E-state index contributed by atoms with van der Waals surface area (Å²) in [6, 6.07) is 19.7. The number of H-pyrrole nitrogens is 1. The van der Waals surface area contributed by atoms with Gasteiger partial charge in [-0.25, -0.2) is 4.98 Å². The lowest BCUT2D eigenvalue weighted by atomic mass is 10.1.